The largest absolute Gasteiger partial charge is 0.368 e. The first-order chi connectivity index (χ1) is 4.00. The van der Waals surface area contributed by atoms with Gasteiger partial charge in [0.05, 0.1) is 0 Å². The van der Waals surface area contributed by atoms with Gasteiger partial charge in [-0.15, -0.1) is 0 Å². The summed E-state index contributed by atoms with van der Waals surface area (Å²) >= 11 is 0. The molecule has 0 amide bonds. The van der Waals surface area contributed by atoms with Crippen LogP contribution >= 0.6 is 0 Å². The van der Waals surface area contributed by atoms with Crippen LogP contribution in [0.5, 0.6) is 0 Å². The van der Waals surface area contributed by atoms with E-state index in [4.69, 9.17) is 10.2 Å². The fourth-order valence-corrected chi connectivity index (χ4v) is 0. The average molecular weight is 134 g/mol. The van der Waals surface area contributed by atoms with Gasteiger partial charge in [-0.25, -0.2) is 0 Å². The predicted octanol–water partition coefficient (Wildman–Crippen LogP) is 1.37. The molecule has 0 spiro atoms. The van der Waals surface area contributed by atoms with Crippen LogP contribution in [0.4, 0.5) is 0 Å². The van der Waals surface area contributed by atoms with Gasteiger partial charge >= 0.3 is 0 Å². The van der Waals surface area contributed by atoms with Crippen molar-refractivity contribution in [1.82, 2.24) is 0 Å². The summed E-state index contributed by atoms with van der Waals surface area (Å²) in [6.45, 7) is 8.20. The number of hydrogen-bond donors (Lipinski definition) is 2. The molecule has 0 fully saturated rings. The zero-order valence-electron chi connectivity index (χ0n) is 6.76. The normalized spacial score (nSPS) is 9.33. The van der Waals surface area contributed by atoms with Crippen LogP contribution in [0.15, 0.2) is 0 Å². The Kier molecular flexibility index (Phi) is 10.3. The van der Waals surface area contributed by atoms with Crippen molar-refractivity contribution in [3.63, 3.8) is 0 Å². The Hall–Kier alpha value is -0.0800. The molecule has 0 aromatic heterocycles. The lowest BCUT2D eigenvalue weighted by atomic mass is 10.3. The first kappa shape index (κ1) is 11.7. The zero-order valence-corrected chi connectivity index (χ0v) is 6.76. The fraction of sp³-hybridized carbons (Fsp3) is 1.00. The van der Waals surface area contributed by atoms with E-state index in [-0.39, 0.29) is 0 Å². The molecule has 2 N–H and O–H groups in total. The molecule has 58 valence electrons. The van der Waals surface area contributed by atoms with Gasteiger partial charge in [-0.1, -0.05) is 27.7 Å². The predicted molar refractivity (Wildman–Crippen MR) is 39.0 cm³/mol. The van der Waals surface area contributed by atoms with Gasteiger partial charge in [0.2, 0.25) is 0 Å². The van der Waals surface area contributed by atoms with Gasteiger partial charge in [-0.05, 0) is 12.3 Å². The molecular formula is C7H18O2. The molecule has 0 aliphatic heterocycles. The third-order valence-corrected chi connectivity index (χ3v) is 0.365. The molecule has 0 aliphatic rings. The van der Waals surface area contributed by atoms with Crippen LogP contribution < -0.4 is 0 Å². The lowest BCUT2D eigenvalue weighted by Crippen LogP contribution is -1.99. The molecule has 0 atom stereocenters. The van der Waals surface area contributed by atoms with Gasteiger partial charge in [0.1, 0.15) is 0 Å². The third-order valence-electron chi connectivity index (χ3n) is 0.365. The fourth-order valence-electron chi connectivity index (χ4n) is 0. The molecular weight excluding hydrogens is 116 g/mol. The SMILES string of the molecule is CC(C)C.CCC(O)O. The van der Waals surface area contributed by atoms with Crippen LogP contribution in [0, 0.1) is 5.92 Å². The molecule has 0 aromatic carbocycles. The van der Waals surface area contributed by atoms with E-state index in [1.54, 1.807) is 6.92 Å². The van der Waals surface area contributed by atoms with E-state index >= 15 is 0 Å². The van der Waals surface area contributed by atoms with Crippen molar-refractivity contribution in [3.05, 3.63) is 0 Å². The van der Waals surface area contributed by atoms with Gasteiger partial charge in [0.25, 0.3) is 0 Å². The summed E-state index contributed by atoms with van der Waals surface area (Å²) in [5.74, 6) is 0.833. The minimum atomic E-state index is -1.12. The van der Waals surface area contributed by atoms with E-state index in [0.29, 0.717) is 6.42 Å². The van der Waals surface area contributed by atoms with Crippen LogP contribution in [0.25, 0.3) is 0 Å². The standard InChI is InChI=1S/C4H10.C3H8O2/c1-4(2)3;1-2-3(4)5/h4H,1-3H3;3-5H,2H2,1H3. The molecule has 0 heterocycles. The molecule has 0 radical (unpaired) electrons. The molecule has 0 rings (SSSR count). The van der Waals surface area contributed by atoms with Gasteiger partial charge in [-0.3, -0.25) is 0 Å². The van der Waals surface area contributed by atoms with Crippen molar-refractivity contribution in [2.45, 2.75) is 40.4 Å². The van der Waals surface area contributed by atoms with Gasteiger partial charge in [0.15, 0.2) is 6.29 Å². The van der Waals surface area contributed by atoms with Crippen LogP contribution in [-0.2, 0) is 0 Å². The first-order valence-electron chi connectivity index (χ1n) is 3.36. The second kappa shape index (κ2) is 7.92. The summed E-state index contributed by atoms with van der Waals surface area (Å²) in [4.78, 5) is 0. The molecule has 0 aliphatic carbocycles. The van der Waals surface area contributed by atoms with E-state index in [2.05, 4.69) is 20.8 Å². The van der Waals surface area contributed by atoms with Crippen molar-refractivity contribution in [2.75, 3.05) is 0 Å². The summed E-state index contributed by atoms with van der Waals surface area (Å²) < 4.78 is 0. The third kappa shape index (κ3) is 75.3. The minimum Gasteiger partial charge on any atom is -0.368 e. The topological polar surface area (TPSA) is 40.5 Å². The quantitative estimate of drug-likeness (QED) is 0.532. The summed E-state index contributed by atoms with van der Waals surface area (Å²) in [6, 6.07) is 0. The highest BCUT2D eigenvalue weighted by molar-refractivity contribution is 4.21. The molecule has 0 unspecified atom stereocenters. The maximum Gasteiger partial charge on any atom is 0.151 e. The maximum atomic E-state index is 7.92. The number of aliphatic hydroxyl groups excluding tert-OH is 1. The monoisotopic (exact) mass is 134 g/mol. The minimum absolute atomic E-state index is 0.417. The van der Waals surface area contributed by atoms with Crippen molar-refractivity contribution in [1.29, 1.82) is 0 Å². The number of rotatable bonds is 1. The van der Waals surface area contributed by atoms with E-state index < -0.39 is 6.29 Å². The van der Waals surface area contributed by atoms with Crippen molar-refractivity contribution < 1.29 is 10.2 Å². The summed E-state index contributed by atoms with van der Waals surface area (Å²) in [6.07, 6.45) is -0.699. The molecule has 2 heteroatoms. The highest BCUT2D eigenvalue weighted by atomic mass is 16.5. The maximum absolute atomic E-state index is 7.92. The Bertz CT molecular complexity index is 39.4. The Morgan fingerprint density at radius 2 is 1.22 bits per heavy atom. The summed E-state index contributed by atoms with van der Waals surface area (Å²) in [5, 5.41) is 15.8. The van der Waals surface area contributed by atoms with E-state index in [1.165, 1.54) is 0 Å². The van der Waals surface area contributed by atoms with E-state index in [1.807, 2.05) is 0 Å². The Morgan fingerprint density at radius 1 is 1.11 bits per heavy atom. The van der Waals surface area contributed by atoms with Gasteiger partial charge < -0.3 is 10.2 Å². The number of aliphatic hydroxyl groups is 2. The second-order valence-electron chi connectivity index (χ2n) is 2.62. The van der Waals surface area contributed by atoms with Crippen molar-refractivity contribution in [2.24, 2.45) is 5.92 Å². The van der Waals surface area contributed by atoms with E-state index in [0.717, 1.165) is 5.92 Å². The molecule has 0 saturated heterocycles. The first-order valence-corrected chi connectivity index (χ1v) is 3.36. The molecule has 0 aromatic rings. The van der Waals surface area contributed by atoms with Crippen molar-refractivity contribution >= 4 is 0 Å². The Labute approximate surface area is 57.5 Å². The highest BCUT2D eigenvalue weighted by Gasteiger charge is 1.83. The van der Waals surface area contributed by atoms with E-state index in [9.17, 15) is 0 Å². The van der Waals surface area contributed by atoms with Crippen molar-refractivity contribution in [3.8, 4) is 0 Å². The smallest absolute Gasteiger partial charge is 0.151 e. The molecule has 2 nitrogen and oxygen atoms in total. The number of hydrogen-bond acceptors (Lipinski definition) is 2. The van der Waals surface area contributed by atoms with Crippen LogP contribution in [0.2, 0.25) is 0 Å². The lowest BCUT2D eigenvalue weighted by molar-refractivity contribution is -0.0413. The lowest BCUT2D eigenvalue weighted by Gasteiger charge is -1.90. The zero-order chi connectivity index (χ0) is 7.86. The molecule has 0 bridgehead atoms. The second-order valence-corrected chi connectivity index (χ2v) is 2.62. The highest BCUT2D eigenvalue weighted by Crippen LogP contribution is 1.81. The summed E-state index contributed by atoms with van der Waals surface area (Å²) in [5.41, 5.74) is 0. The average Bonchev–Trinajstić information content (AvgIpc) is 1.65. The van der Waals surface area contributed by atoms with Gasteiger partial charge in [-0.2, -0.15) is 0 Å². The van der Waals surface area contributed by atoms with Gasteiger partial charge in [0, 0.05) is 0 Å². The Balaban J connectivity index is 0. The summed E-state index contributed by atoms with van der Waals surface area (Å²) in [7, 11) is 0. The Morgan fingerprint density at radius 3 is 1.22 bits per heavy atom. The van der Waals surface area contributed by atoms with Crippen LogP contribution in [-0.4, -0.2) is 16.5 Å². The van der Waals surface area contributed by atoms with Crippen LogP contribution in [0.3, 0.4) is 0 Å². The molecule has 0 saturated carbocycles. The molecule has 9 heavy (non-hydrogen) atoms. The van der Waals surface area contributed by atoms with Crippen LogP contribution in [0.1, 0.15) is 34.1 Å².